The molecule has 0 unspecified atom stereocenters. The van der Waals surface area contributed by atoms with E-state index in [4.69, 9.17) is 5.73 Å². The molecule has 0 fully saturated rings. The average Bonchev–Trinajstić information content (AvgIpc) is 2.16. The fourth-order valence-corrected chi connectivity index (χ4v) is 1.22. The Balaban J connectivity index is 2.64. The van der Waals surface area contributed by atoms with Gasteiger partial charge in [0, 0.05) is 6.42 Å². The van der Waals surface area contributed by atoms with Gasteiger partial charge in [-0.1, -0.05) is 18.2 Å². The maximum absolute atomic E-state index is 12.3. The first kappa shape index (κ1) is 12.5. The summed E-state index contributed by atoms with van der Waals surface area (Å²) in [4.78, 5) is 10.4. The van der Waals surface area contributed by atoms with E-state index in [0.29, 0.717) is 12.0 Å². The van der Waals surface area contributed by atoms with Gasteiger partial charge in [0.05, 0.1) is 5.56 Å². The third-order valence-electron chi connectivity index (χ3n) is 1.98. The highest BCUT2D eigenvalue weighted by molar-refractivity contribution is 5.73. The highest BCUT2D eigenvalue weighted by Gasteiger charge is 2.30. The minimum absolute atomic E-state index is 0.135. The lowest BCUT2D eigenvalue weighted by Crippen LogP contribution is -2.10. The minimum atomic E-state index is -4.34. The van der Waals surface area contributed by atoms with Crippen LogP contribution in [0.5, 0.6) is 0 Å². The number of hydrogen-bond donors (Lipinski definition) is 1. The number of benzene rings is 1. The second-order valence-corrected chi connectivity index (χ2v) is 3.33. The highest BCUT2D eigenvalue weighted by Crippen LogP contribution is 2.29. The lowest BCUT2D eigenvalue weighted by Gasteiger charge is -2.08. The van der Waals surface area contributed by atoms with Crippen molar-refractivity contribution in [2.45, 2.75) is 19.0 Å². The Labute approximate surface area is 91.3 Å². The van der Waals surface area contributed by atoms with E-state index in [9.17, 15) is 18.0 Å². The van der Waals surface area contributed by atoms with Crippen LogP contribution >= 0.6 is 0 Å². The smallest absolute Gasteiger partial charge is 0.370 e. The molecule has 0 aliphatic carbocycles. The minimum Gasteiger partial charge on any atom is -0.370 e. The van der Waals surface area contributed by atoms with E-state index in [0.717, 1.165) is 12.1 Å². The van der Waals surface area contributed by atoms with E-state index in [1.807, 2.05) is 0 Å². The third kappa shape index (κ3) is 3.92. The lowest BCUT2D eigenvalue weighted by atomic mass is 10.0. The van der Waals surface area contributed by atoms with Crippen molar-refractivity contribution in [1.29, 1.82) is 0 Å². The Morgan fingerprint density at radius 2 is 2.06 bits per heavy atom. The van der Waals surface area contributed by atoms with Crippen LogP contribution in [-0.2, 0) is 11.0 Å². The summed E-state index contributed by atoms with van der Waals surface area (Å²) in [5.74, 6) is -0.469. The van der Waals surface area contributed by atoms with Crippen LogP contribution in [0.3, 0.4) is 0 Å². The van der Waals surface area contributed by atoms with Gasteiger partial charge in [-0.05, 0) is 24.5 Å². The number of primary amides is 1. The van der Waals surface area contributed by atoms with Crippen LogP contribution in [0, 0.1) is 6.42 Å². The molecule has 0 spiro atoms. The van der Waals surface area contributed by atoms with Crippen LogP contribution in [0.2, 0.25) is 0 Å². The molecule has 0 bridgehead atoms. The van der Waals surface area contributed by atoms with E-state index in [2.05, 4.69) is 0 Å². The molecule has 0 atom stereocenters. The number of hydrogen-bond acceptors (Lipinski definition) is 1. The van der Waals surface area contributed by atoms with Gasteiger partial charge in [-0.15, -0.1) is 0 Å². The molecule has 0 saturated heterocycles. The number of alkyl halides is 3. The van der Waals surface area contributed by atoms with Gasteiger partial charge in [0.2, 0.25) is 5.91 Å². The number of halogens is 3. The average molecular weight is 230 g/mol. The molecular weight excluding hydrogens is 219 g/mol. The molecule has 1 aromatic rings. The maximum atomic E-state index is 12.3. The first-order valence-electron chi connectivity index (χ1n) is 4.68. The highest BCUT2D eigenvalue weighted by atomic mass is 19.4. The van der Waals surface area contributed by atoms with Crippen LogP contribution < -0.4 is 5.73 Å². The monoisotopic (exact) mass is 230 g/mol. The van der Waals surface area contributed by atoms with Crippen molar-refractivity contribution in [3.63, 3.8) is 0 Å². The fraction of sp³-hybridized carbons (Fsp3) is 0.273. The van der Waals surface area contributed by atoms with Gasteiger partial charge in [-0.3, -0.25) is 4.79 Å². The predicted octanol–water partition coefficient (Wildman–Crippen LogP) is 2.52. The van der Waals surface area contributed by atoms with Crippen LogP contribution in [0.25, 0.3) is 0 Å². The third-order valence-corrected chi connectivity index (χ3v) is 1.98. The number of carbonyl (C=O) groups is 1. The summed E-state index contributed by atoms with van der Waals surface area (Å²) in [6, 6.07) is 4.93. The predicted molar refractivity (Wildman–Crippen MR) is 53.3 cm³/mol. The second-order valence-electron chi connectivity index (χ2n) is 3.33. The zero-order valence-electron chi connectivity index (χ0n) is 8.42. The summed E-state index contributed by atoms with van der Waals surface area (Å²) < 4.78 is 37.0. The molecule has 0 aliphatic heterocycles. The van der Waals surface area contributed by atoms with Gasteiger partial charge in [0.25, 0.3) is 0 Å². The van der Waals surface area contributed by atoms with Crippen LogP contribution in [0.15, 0.2) is 24.3 Å². The largest absolute Gasteiger partial charge is 0.416 e. The van der Waals surface area contributed by atoms with Crippen molar-refractivity contribution < 1.29 is 18.0 Å². The first-order chi connectivity index (χ1) is 7.39. The molecule has 0 aliphatic rings. The first-order valence-corrected chi connectivity index (χ1v) is 4.68. The van der Waals surface area contributed by atoms with Crippen molar-refractivity contribution in [3.05, 3.63) is 41.8 Å². The normalized spacial score (nSPS) is 11.4. The van der Waals surface area contributed by atoms with Gasteiger partial charge >= 0.3 is 6.18 Å². The summed E-state index contributed by atoms with van der Waals surface area (Å²) in [7, 11) is 0. The Hall–Kier alpha value is -1.52. The van der Waals surface area contributed by atoms with Gasteiger partial charge in [-0.2, -0.15) is 13.2 Å². The van der Waals surface area contributed by atoms with E-state index in [1.54, 1.807) is 12.5 Å². The molecule has 87 valence electrons. The Bertz CT molecular complexity index is 374. The van der Waals surface area contributed by atoms with E-state index in [1.165, 1.54) is 6.07 Å². The number of rotatable bonds is 4. The molecule has 1 rings (SSSR count). The van der Waals surface area contributed by atoms with Crippen LogP contribution in [0.4, 0.5) is 13.2 Å². The zero-order chi connectivity index (χ0) is 12.2. The van der Waals surface area contributed by atoms with E-state index < -0.39 is 17.6 Å². The molecule has 2 N–H and O–H groups in total. The zero-order valence-corrected chi connectivity index (χ0v) is 8.42. The van der Waals surface area contributed by atoms with E-state index >= 15 is 0 Å². The van der Waals surface area contributed by atoms with Crippen molar-refractivity contribution >= 4 is 5.91 Å². The summed E-state index contributed by atoms with van der Waals surface area (Å²) in [5, 5.41) is 0. The van der Waals surface area contributed by atoms with E-state index in [-0.39, 0.29) is 6.42 Å². The van der Waals surface area contributed by atoms with Gasteiger partial charge in [-0.25, -0.2) is 0 Å². The molecule has 1 radical (unpaired) electrons. The Kier molecular flexibility index (Phi) is 3.93. The molecule has 5 heteroatoms. The Morgan fingerprint density at radius 1 is 1.38 bits per heavy atom. The molecule has 2 nitrogen and oxygen atoms in total. The topological polar surface area (TPSA) is 43.1 Å². The summed E-state index contributed by atoms with van der Waals surface area (Å²) in [5.41, 5.74) is 4.66. The summed E-state index contributed by atoms with van der Waals surface area (Å²) >= 11 is 0. The van der Waals surface area contributed by atoms with Gasteiger partial charge < -0.3 is 5.73 Å². The van der Waals surface area contributed by atoms with Crippen LogP contribution in [0.1, 0.15) is 24.0 Å². The number of carbonyl (C=O) groups excluding carboxylic acids is 1. The fourth-order valence-electron chi connectivity index (χ4n) is 1.22. The SMILES string of the molecule is NC(=O)CC[CH]c1cccc(C(F)(F)F)c1. The Morgan fingerprint density at radius 3 is 2.62 bits per heavy atom. The number of nitrogens with two attached hydrogens (primary N) is 1. The maximum Gasteiger partial charge on any atom is 0.416 e. The molecule has 16 heavy (non-hydrogen) atoms. The second kappa shape index (κ2) is 5.01. The molecule has 1 aromatic carbocycles. The summed E-state index contributed by atoms with van der Waals surface area (Å²) in [6.45, 7) is 0. The van der Waals surface area contributed by atoms with Crippen molar-refractivity contribution in [3.8, 4) is 0 Å². The van der Waals surface area contributed by atoms with Gasteiger partial charge in [0.15, 0.2) is 0 Å². The van der Waals surface area contributed by atoms with Crippen LogP contribution in [-0.4, -0.2) is 5.91 Å². The molecular formula is C11H11F3NO. The summed E-state index contributed by atoms with van der Waals surface area (Å²) in [6.07, 6.45) is -2.31. The quantitative estimate of drug-likeness (QED) is 0.848. The van der Waals surface area contributed by atoms with Crippen molar-refractivity contribution in [2.75, 3.05) is 0 Å². The molecule has 0 saturated carbocycles. The molecule has 0 aromatic heterocycles. The lowest BCUT2D eigenvalue weighted by molar-refractivity contribution is -0.137. The molecule has 0 heterocycles. The number of amides is 1. The standard InChI is InChI=1S/C11H11F3NO/c12-11(13,14)9-5-1-3-8(7-9)4-2-6-10(15)16/h1,3-5,7H,2,6H2,(H2,15,16). The molecule has 1 amide bonds. The van der Waals surface area contributed by atoms with Crippen molar-refractivity contribution in [1.82, 2.24) is 0 Å². The van der Waals surface area contributed by atoms with Gasteiger partial charge in [0.1, 0.15) is 0 Å². The van der Waals surface area contributed by atoms with Crippen molar-refractivity contribution in [2.24, 2.45) is 5.73 Å².